The molecule has 0 fully saturated rings. The summed E-state index contributed by atoms with van der Waals surface area (Å²) in [4.78, 5) is 28.9. The highest BCUT2D eigenvalue weighted by atomic mass is 35.5. The van der Waals surface area contributed by atoms with Crippen molar-refractivity contribution in [3.63, 3.8) is 0 Å². The van der Waals surface area contributed by atoms with Gasteiger partial charge >= 0.3 is 6.36 Å². The van der Waals surface area contributed by atoms with Crippen molar-refractivity contribution >= 4 is 28.4 Å². The van der Waals surface area contributed by atoms with Gasteiger partial charge in [0.25, 0.3) is 5.56 Å². The molecule has 0 atom stereocenters. The molecule has 6 nitrogen and oxygen atoms in total. The van der Waals surface area contributed by atoms with Crippen molar-refractivity contribution in [2.75, 3.05) is 5.43 Å². The van der Waals surface area contributed by atoms with Gasteiger partial charge in [-0.25, -0.2) is 9.66 Å². The molecule has 0 saturated carbocycles. The molecule has 0 bridgehead atoms. The van der Waals surface area contributed by atoms with Crippen molar-refractivity contribution in [1.29, 1.82) is 0 Å². The molecule has 28 heavy (non-hydrogen) atoms. The van der Waals surface area contributed by atoms with Crippen LogP contribution in [0.2, 0.25) is 5.02 Å². The zero-order valence-corrected chi connectivity index (χ0v) is 15.1. The molecular weight excluding hydrogens is 399 g/mol. The first-order valence-corrected chi connectivity index (χ1v) is 8.33. The van der Waals surface area contributed by atoms with E-state index in [9.17, 15) is 22.8 Å². The second kappa shape index (κ2) is 7.51. The van der Waals surface area contributed by atoms with E-state index in [1.165, 1.54) is 6.92 Å². The van der Waals surface area contributed by atoms with E-state index >= 15 is 0 Å². The molecule has 3 rings (SSSR count). The van der Waals surface area contributed by atoms with Gasteiger partial charge in [0.05, 0.1) is 17.3 Å². The van der Waals surface area contributed by atoms with E-state index in [4.69, 9.17) is 11.6 Å². The van der Waals surface area contributed by atoms with Crippen LogP contribution in [0, 0.1) is 6.92 Å². The highest BCUT2D eigenvalue weighted by Gasteiger charge is 2.31. The van der Waals surface area contributed by atoms with E-state index in [0.29, 0.717) is 10.6 Å². The van der Waals surface area contributed by atoms with Gasteiger partial charge in [-0.15, -0.1) is 13.2 Å². The second-order valence-corrected chi connectivity index (χ2v) is 6.30. The summed E-state index contributed by atoms with van der Waals surface area (Å²) in [6, 6.07) is 9.81. The molecule has 1 aromatic heterocycles. The van der Waals surface area contributed by atoms with Crippen LogP contribution in [0.1, 0.15) is 11.4 Å². The van der Waals surface area contributed by atoms with Crippen LogP contribution in [0.15, 0.2) is 47.3 Å². The monoisotopic (exact) mass is 411 g/mol. The minimum Gasteiger partial charge on any atom is -0.406 e. The lowest BCUT2D eigenvalue weighted by molar-refractivity contribution is -0.274. The van der Waals surface area contributed by atoms with Crippen LogP contribution in [0.5, 0.6) is 5.75 Å². The number of rotatable bonds is 4. The SMILES string of the molecule is Cc1nc2cc(OC(F)(F)F)ccc2c(=O)n1NC(=O)Cc1ccc(Cl)cc1. The van der Waals surface area contributed by atoms with Crippen LogP contribution in [-0.4, -0.2) is 21.9 Å². The average Bonchev–Trinajstić information content (AvgIpc) is 2.59. The number of benzene rings is 2. The molecule has 0 aliphatic rings. The number of carbonyl (C=O) groups is 1. The van der Waals surface area contributed by atoms with Crippen LogP contribution < -0.4 is 15.7 Å². The number of ether oxygens (including phenoxy) is 1. The predicted molar refractivity (Wildman–Crippen MR) is 96.9 cm³/mol. The number of alkyl halides is 3. The van der Waals surface area contributed by atoms with Crippen molar-refractivity contribution in [2.45, 2.75) is 19.7 Å². The fourth-order valence-corrected chi connectivity index (χ4v) is 2.68. The van der Waals surface area contributed by atoms with Gasteiger partial charge in [-0.1, -0.05) is 23.7 Å². The summed E-state index contributed by atoms with van der Waals surface area (Å²) in [6.07, 6.45) is -4.85. The predicted octanol–water partition coefficient (Wildman–Crippen LogP) is 3.57. The van der Waals surface area contributed by atoms with Crippen molar-refractivity contribution < 1.29 is 22.7 Å². The maximum absolute atomic E-state index is 12.6. The first-order valence-electron chi connectivity index (χ1n) is 7.96. The Balaban J connectivity index is 1.87. The molecule has 146 valence electrons. The number of hydrogen-bond donors (Lipinski definition) is 1. The molecule has 0 spiro atoms. The lowest BCUT2D eigenvalue weighted by Gasteiger charge is -2.13. The molecule has 0 aliphatic carbocycles. The lowest BCUT2D eigenvalue weighted by Crippen LogP contribution is -2.36. The molecule has 0 unspecified atom stereocenters. The van der Waals surface area contributed by atoms with Crippen molar-refractivity contribution in [3.8, 4) is 5.75 Å². The Labute approximate surface area is 161 Å². The third kappa shape index (κ3) is 4.61. The van der Waals surface area contributed by atoms with Gasteiger partial charge in [0.2, 0.25) is 5.91 Å². The third-order valence-corrected chi connectivity index (χ3v) is 4.01. The molecule has 0 saturated heterocycles. The fraction of sp³-hybridized carbons (Fsp3) is 0.167. The molecule has 10 heteroatoms. The summed E-state index contributed by atoms with van der Waals surface area (Å²) in [7, 11) is 0. The molecule has 3 aromatic rings. The molecule has 1 amide bonds. The molecule has 2 aromatic carbocycles. The summed E-state index contributed by atoms with van der Waals surface area (Å²) in [5, 5.41) is 0.566. The van der Waals surface area contributed by atoms with Gasteiger partial charge in [0.15, 0.2) is 0 Å². The first-order chi connectivity index (χ1) is 13.1. The maximum atomic E-state index is 12.6. The van der Waals surface area contributed by atoms with Crippen molar-refractivity contribution in [3.05, 3.63) is 69.2 Å². The van der Waals surface area contributed by atoms with E-state index in [1.807, 2.05) is 0 Å². The Morgan fingerprint density at radius 3 is 2.54 bits per heavy atom. The first kappa shape index (κ1) is 19.7. The lowest BCUT2D eigenvalue weighted by atomic mass is 10.1. The van der Waals surface area contributed by atoms with E-state index in [1.54, 1.807) is 24.3 Å². The summed E-state index contributed by atoms with van der Waals surface area (Å²) in [5.41, 5.74) is 2.54. The quantitative estimate of drug-likeness (QED) is 0.712. The van der Waals surface area contributed by atoms with Gasteiger partial charge in [0.1, 0.15) is 11.6 Å². The van der Waals surface area contributed by atoms with Gasteiger partial charge in [-0.3, -0.25) is 15.0 Å². The van der Waals surface area contributed by atoms with Gasteiger partial charge < -0.3 is 4.74 Å². The molecule has 0 aliphatic heterocycles. The second-order valence-electron chi connectivity index (χ2n) is 5.86. The van der Waals surface area contributed by atoms with E-state index < -0.39 is 23.6 Å². The maximum Gasteiger partial charge on any atom is 0.573 e. The molecular formula is C18H13ClF3N3O3. The summed E-state index contributed by atoms with van der Waals surface area (Å²) < 4.78 is 41.8. The number of aromatic nitrogens is 2. The van der Waals surface area contributed by atoms with E-state index in [-0.39, 0.29) is 23.1 Å². The van der Waals surface area contributed by atoms with Crippen molar-refractivity contribution in [2.24, 2.45) is 0 Å². The third-order valence-electron chi connectivity index (χ3n) is 3.76. The van der Waals surface area contributed by atoms with Gasteiger partial charge in [0, 0.05) is 11.1 Å². The Bertz CT molecular complexity index is 1100. The Hall–Kier alpha value is -3.07. The summed E-state index contributed by atoms with van der Waals surface area (Å²) in [5.74, 6) is -0.854. The summed E-state index contributed by atoms with van der Waals surface area (Å²) >= 11 is 5.80. The largest absolute Gasteiger partial charge is 0.573 e. The van der Waals surface area contributed by atoms with Crippen LogP contribution in [0.3, 0.4) is 0 Å². The molecule has 1 N–H and O–H groups in total. The number of fused-ring (bicyclic) bond motifs is 1. The van der Waals surface area contributed by atoms with Crippen LogP contribution in [0.25, 0.3) is 10.9 Å². The number of nitrogens with one attached hydrogen (secondary N) is 1. The van der Waals surface area contributed by atoms with Crippen LogP contribution in [0.4, 0.5) is 13.2 Å². The minimum absolute atomic E-state index is 0.000549. The Kier molecular flexibility index (Phi) is 5.28. The Morgan fingerprint density at radius 2 is 1.89 bits per heavy atom. The number of nitrogens with zero attached hydrogens (tertiary/aromatic N) is 2. The van der Waals surface area contributed by atoms with E-state index in [0.717, 1.165) is 22.9 Å². The number of hydrogen-bond acceptors (Lipinski definition) is 4. The number of carbonyl (C=O) groups excluding carboxylic acids is 1. The average molecular weight is 412 g/mol. The smallest absolute Gasteiger partial charge is 0.406 e. The Morgan fingerprint density at radius 1 is 1.21 bits per heavy atom. The van der Waals surface area contributed by atoms with Gasteiger partial charge in [-0.2, -0.15) is 0 Å². The number of halogens is 4. The van der Waals surface area contributed by atoms with Crippen LogP contribution >= 0.6 is 11.6 Å². The fourth-order valence-electron chi connectivity index (χ4n) is 2.56. The van der Waals surface area contributed by atoms with E-state index in [2.05, 4.69) is 15.1 Å². The van der Waals surface area contributed by atoms with Crippen molar-refractivity contribution in [1.82, 2.24) is 9.66 Å². The number of amides is 1. The topological polar surface area (TPSA) is 73.2 Å². The highest BCUT2D eigenvalue weighted by molar-refractivity contribution is 6.30. The summed E-state index contributed by atoms with van der Waals surface area (Å²) in [6.45, 7) is 1.45. The molecule has 1 heterocycles. The zero-order chi connectivity index (χ0) is 20.5. The minimum atomic E-state index is -4.85. The standard InChI is InChI=1S/C18H13ClF3N3O3/c1-10-23-15-9-13(28-18(20,21)22)6-7-14(15)17(27)25(10)24-16(26)8-11-2-4-12(19)5-3-11/h2-7,9H,8H2,1H3,(H,24,26). The zero-order valence-electron chi connectivity index (χ0n) is 14.4. The van der Waals surface area contributed by atoms with Crippen LogP contribution in [-0.2, 0) is 11.2 Å². The highest BCUT2D eigenvalue weighted by Crippen LogP contribution is 2.24. The normalized spacial score (nSPS) is 11.5. The molecule has 0 radical (unpaired) electrons. The number of aryl methyl sites for hydroxylation is 1. The van der Waals surface area contributed by atoms with Gasteiger partial charge in [-0.05, 0) is 36.8 Å².